The molecule has 2 nitrogen and oxygen atoms in total. The van der Waals surface area contributed by atoms with Gasteiger partial charge in [-0.25, -0.2) is 0 Å². The number of halogens is 2. The average Bonchev–Trinajstić information content (AvgIpc) is 3.10. The standard InChI is InChI=1S/C12H14BrClO2/c13-6-10-3-4-12(11(14)5-10)16-8-15-7-9-1-2-9/h3-5,9H,1-2,6-8H2. The minimum Gasteiger partial charge on any atom is -0.466 e. The van der Waals surface area contributed by atoms with Crippen LogP contribution in [0.5, 0.6) is 5.75 Å². The summed E-state index contributed by atoms with van der Waals surface area (Å²) in [5.74, 6) is 1.44. The highest BCUT2D eigenvalue weighted by molar-refractivity contribution is 9.08. The molecule has 1 fully saturated rings. The maximum atomic E-state index is 6.06. The Hall–Kier alpha value is -0.250. The second kappa shape index (κ2) is 5.89. The van der Waals surface area contributed by atoms with Crippen LogP contribution in [0.1, 0.15) is 18.4 Å². The van der Waals surface area contributed by atoms with E-state index in [1.807, 2.05) is 18.2 Å². The van der Waals surface area contributed by atoms with Gasteiger partial charge in [-0.2, -0.15) is 0 Å². The van der Waals surface area contributed by atoms with Crippen LogP contribution in [0.15, 0.2) is 18.2 Å². The van der Waals surface area contributed by atoms with Gasteiger partial charge in [0.25, 0.3) is 0 Å². The van der Waals surface area contributed by atoms with Gasteiger partial charge in [0.15, 0.2) is 6.79 Å². The zero-order valence-electron chi connectivity index (χ0n) is 8.92. The molecule has 1 aliphatic carbocycles. The smallest absolute Gasteiger partial charge is 0.189 e. The summed E-state index contributed by atoms with van der Waals surface area (Å²) in [4.78, 5) is 0. The van der Waals surface area contributed by atoms with Gasteiger partial charge in [0.1, 0.15) is 5.75 Å². The molecule has 1 aliphatic rings. The molecule has 0 aromatic heterocycles. The normalized spacial score (nSPS) is 15.1. The van der Waals surface area contributed by atoms with E-state index >= 15 is 0 Å². The first-order chi connectivity index (χ1) is 7.79. The Morgan fingerprint density at radius 1 is 1.38 bits per heavy atom. The minimum atomic E-state index is 0.282. The predicted molar refractivity (Wildman–Crippen MR) is 68.3 cm³/mol. The molecular weight excluding hydrogens is 291 g/mol. The minimum absolute atomic E-state index is 0.282. The highest BCUT2D eigenvalue weighted by atomic mass is 79.9. The summed E-state index contributed by atoms with van der Waals surface area (Å²) in [5, 5.41) is 1.43. The van der Waals surface area contributed by atoms with Crippen LogP contribution in [0.3, 0.4) is 0 Å². The van der Waals surface area contributed by atoms with E-state index in [-0.39, 0.29) is 6.79 Å². The molecule has 0 heterocycles. The second-order valence-electron chi connectivity index (χ2n) is 3.97. The highest BCUT2D eigenvalue weighted by Crippen LogP contribution is 2.29. The molecule has 1 aromatic carbocycles. The van der Waals surface area contributed by atoms with Gasteiger partial charge in [-0.1, -0.05) is 33.6 Å². The van der Waals surface area contributed by atoms with Gasteiger partial charge in [0.05, 0.1) is 11.6 Å². The van der Waals surface area contributed by atoms with Gasteiger partial charge >= 0.3 is 0 Å². The lowest BCUT2D eigenvalue weighted by atomic mass is 10.2. The van der Waals surface area contributed by atoms with Gasteiger partial charge in [0.2, 0.25) is 0 Å². The third-order valence-electron chi connectivity index (χ3n) is 2.50. The Balaban J connectivity index is 1.78. The van der Waals surface area contributed by atoms with Crippen molar-refractivity contribution in [1.29, 1.82) is 0 Å². The lowest BCUT2D eigenvalue weighted by molar-refractivity contribution is 0.0100. The largest absolute Gasteiger partial charge is 0.466 e. The van der Waals surface area contributed by atoms with E-state index in [0.29, 0.717) is 10.8 Å². The van der Waals surface area contributed by atoms with Crippen molar-refractivity contribution in [1.82, 2.24) is 0 Å². The Morgan fingerprint density at radius 2 is 2.19 bits per heavy atom. The fourth-order valence-corrected chi connectivity index (χ4v) is 1.96. The van der Waals surface area contributed by atoms with Crippen molar-refractivity contribution in [2.24, 2.45) is 5.92 Å². The van der Waals surface area contributed by atoms with E-state index in [2.05, 4.69) is 15.9 Å². The number of ether oxygens (including phenoxy) is 2. The summed E-state index contributed by atoms with van der Waals surface area (Å²) in [5.41, 5.74) is 1.14. The zero-order chi connectivity index (χ0) is 11.4. The van der Waals surface area contributed by atoms with E-state index in [4.69, 9.17) is 21.1 Å². The fourth-order valence-electron chi connectivity index (χ4n) is 1.35. The lowest BCUT2D eigenvalue weighted by Crippen LogP contribution is -2.05. The van der Waals surface area contributed by atoms with Gasteiger partial charge < -0.3 is 9.47 Å². The molecule has 1 aromatic rings. The summed E-state index contributed by atoms with van der Waals surface area (Å²) < 4.78 is 10.8. The first-order valence-corrected chi connectivity index (χ1v) is 6.84. The van der Waals surface area contributed by atoms with Crippen LogP contribution in [0, 0.1) is 5.92 Å². The van der Waals surface area contributed by atoms with E-state index in [0.717, 1.165) is 23.4 Å². The van der Waals surface area contributed by atoms with Crippen molar-refractivity contribution >= 4 is 27.5 Å². The van der Waals surface area contributed by atoms with Crippen LogP contribution < -0.4 is 4.74 Å². The maximum absolute atomic E-state index is 6.06. The molecule has 2 rings (SSSR count). The molecule has 1 saturated carbocycles. The quantitative estimate of drug-likeness (QED) is 0.449. The monoisotopic (exact) mass is 304 g/mol. The Morgan fingerprint density at radius 3 is 2.81 bits per heavy atom. The molecule has 16 heavy (non-hydrogen) atoms. The lowest BCUT2D eigenvalue weighted by Gasteiger charge is -2.09. The molecule has 0 bridgehead atoms. The molecule has 0 aliphatic heterocycles. The molecule has 0 amide bonds. The topological polar surface area (TPSA) is 18.5 Å². The average molecular weight is 306 g/mol. The van der Waals surface area contributed by atoms with Crippen molar-refractivity contribution in [3.63, 3.8) is 0 Å². The first-order valence-electron chi connectivity index (χ1n) is 5.34. The Labute approximate surface area is 109 Å². The van der Waals surface area contributed by atoms with Crippen molar-refractivity contribution < 1.29 is 9.47 Å². The molecule has 0 atom stereocenters. The van der Waals surface area contributed by atoms with Crippen molar-refractivity contribution in [2.75, 3.05) is 13.4 Å². The zero-order valence-corrected chi connectivity index (χ0v) is 11.3. The number of rotatable bonds is 6. The van der Waals surface area contributed by atoms with Crippen LogP contribution in [0.4, 0.5) is 0 Å². The summed E-state index contributed by atoms with van der Waals surface area (Å²) in [7, 11) is 0. The van der Waals surface area contributed by atoms with Crippen LogP contribution in [0.2, 0.25) is 5.02 Å². The van der Waals surface area contributed by atoms with E-state index in [1.165, 1.54) is 12.8 Å². The fraction of sp³-hybridized carbons (Fsp3) is 0.500. The third-order valence-corrected chi connectivity index (χ3v) is 3.44. The summed E-state index contributed by atoms with van der Waals surface area (Å²) >= 11 is 9.44. The number of hydrogen-bond acceptors (Lipinski definition) is 2. The first kappa shape index (κ1) is 12.2. The van der Waals surface area contributed by atoms with Crippen molar-refractivity contribution in [2.45, 2.75) is 18.2 Å². The molecule has 0 N–H and O–H groups in total. The molecule has 4 heteroatoms. The molecular formula is C12H14BrClO2. The summed E-state index contributed by atoms with van der Waals surface area (Å²) in [6.45, 7) is 1.08. The molecule has 0 radical (unpaired) electrons. The summed E-state index contributed by atoms with van der Waals surface area (Å²) in [6, 6.07) is 5.75. The Bertz CT molecular complexity index is 353. The molecule has 0 spiro atoms. The van der Waals surface area contributed by atoms with Gasteiger partial charge in [0, 0.05) is 5.33 Å². The van der Waals surface area contributed by atoms with Crippen LogP contribution in [-0.2, 0) is 10.1 Å². The number of benzene rings is 1. The number of alkyl halides is 1. The van der Waals surface area contributed by atoms with Crippen molar-refractivity contribution in [3.05, 3.63) is 28.8 Å². The predicted octanol–water partition coefficient (Wildman–Crippen LogP) is 4.00. The van der Waals surface area contributed by atoms with Crippen LogP contribution >= 0.6 is 27.5 Å². The van der Waals surface area contributed by atoms with E-state index in [1.54, 1.807) is 0 Å². The van der Waals surface area contributed by atoms with Crippen LogP contribution in [0.25, 0.3) is 0 Å². The van der Waals surface area contributed by atoms with Gasteiger partial charge in [-0.3, -0.25) is 0 Å². The molecule has 0 unspecified atom stereocenters. The second-order valence-corrected chi connectivity index (χ2v) is 4.94. The third kappa shape index (κ3) is 3.65. The Kier molecular flexibility index (Phi) is 4.50. The summed E-state index contributed by atoms with van der Waals surface area (Å²) in [6.07, 6.45) is 2.58. The maximum Gasteiger partial charge on any atom is 0.189 e. The van der Waals surface area contributed by atoms with Gasteiger partial charge in [-0.15, -0.1) is 0 Å². The van der Waals surface area contributed by atoms with E-state index < -0.39 is 0 Å². The molecule has 0 saturated heterocycles. The molecule has 88 valence electrons. The SMILES string of the molecule is Clc1cc(CBr)ccc1OCOCC1CC1. The van der Waals surface area contributed by atoms with Crippen LogP contribution in [-0.4, -0.2) is 13.4 Å². The van der Waals surface area contributed by atoms with Crippen molar-refractivity contribution in [3.8, 4) is 5.75 Å². The highest BCUT2D eigenvalue weighted by Gasteiger charge is 2.21. The van der Waals surface area contributed by atoms with E-state index in [9.17, 15) is 0 Å². The number of hydrogen-bond donors (Lipinski definition) is 0. The van der Waals surface area contributed by atoms with Gasteiger partial charge in [-0.05, 0) is 36.5 Å².